The van der Waals surface area contributed by atoms with Crippen molar-refractivity contribution in [3.63, 3.8) is 0 Å². The third-order valence-electron chi connectivity index (χ3n) is 3.24. The molecule has 1 aliphatic rings. The fraction of sp³-hybridized carbons (Fsp3) is 1.00. The van der Waals surface area contributed by atoms with E-state index < -0.39 is 9.84 Å². The van der Waals surface area contributed by atoms with E-state index in [1.165, 1.54) is 0 Å². The van der Waals surface area contributed by atoms with Crippen molar-refractivity contribution in [2.24, 2.45) is 5.73 Å². The van der Waals surface area contributed by atoms with Gasteiger partial charge in [-0.1, -0.05) is 19.3 Å². The van der Waals surface area contributed by atoms with Crippen LogP contribution in [0.2, 0.25) is 0 Å². The number of hydrogen-bond donors (Lipinski definition) is 1. The van der Waals surface area contributed by atoms with E-state index >= 15 is 0 Å². The number of methoxy groups -OCH3 is 1. The summed E-state index contributed by atoms with van der Waals surface area (Å²) in [5, 5.41) is -0.327. The van der Waals surface area contributed by atoms with Crippen LogP contribution >= 0.6 is 0 Å². The van der Waals surface area contributed by atoms with Crippen LogP contribution in [0.15, 0.2) is 0 Å². The van der Waals surface area contributed by atoms with E-state index in [1.54, 1.807) is 7.11 Å². The van der Waals surface area contributed by atoms with Gasteiger partial charge in [-0.2, -0.15) is 0 Å². The van der Waals surface area contributed by atoms with Crippen LogP contribution in [-0.2, 0) is 14.6 Å². The number of nitrogens with two attached hydrogens (primary N) is 1. The lowest BCUT2D eigenvalue weighted by Crippen LogP contribution is -2.40. The molecule has 16 heavy (non-hydrogen) atoms. The maximum absolute atomic E-state index is 12.1. The molecule has 1 aliphatic carbocycles. The second-order valence-electron chi connectivity index (χ2n) is 4.55. The topological polar surface area (TPSA) is 69.4 Å². The average molecular weight is 249 g/mol. The van der Waals surface area contributed by atoms with Gasteiger partial charge in [0.2, 0.25) is 0 Å². The van der Waals surface area contributed by atoms with Gasteiger partial charge in [-0.15, -0.1) is 0 Å². The Morgan fingerprint density at radius 2 is 1.94 bits per heavy atom. The zero-order chi connectivity index (χ0) is 12.0. The highest BCUT2D eigenvalue weighted by molar-refractivity contribution is 7.92. The maximum Gasteiger partial charge on any atom is 0.154 e. The Balaban J connectivity index is 2.57. The van der Waals surface area contributed by atoms with Crippen LogP contribution in [0, 0.1) is 0 Å². The molecule has 96 valence electrons. The quantitative estimate of drug-likeness (QED) is 0.585. The molecular weight excluding hydrogens is 226 g/mol. The van der Waals surface area contributed by atoms with Gasteiger partial charge in [-0.3, -0.25) is 0 Å². The van der Waals surface area contributed by atoms with Crippen LogP contribution in [0.3, 0.4) is 0 Å². The van der Waals surface area contributed by atoms with Gasteiger partial charge in [-0.25, -0.2) is 8.42 Å². The molecule has 0 aliphatic heterocycles. The van der Waals surface area contributed by atoms with Gasteiger partial charge in [0.1, 0.15) is 0 Å². The van der Waals surface area contributed by atoms with Crippen LogP contribution in [0.1, 0.15) is 38.5 Å². The van der Waals surface area contributed by atoms with Crippen molar-refractivity contribution >= 4 is 9.84 Å². The molecule has 1 rings (SSSR count). The van der Waals surface area contributed by atoms with Crippen molar-refractivity contribution in [3.05, 3.63) is 0 Å². The summed E-state index contributed by atoms with van der Waals surface area (Å²) in [6.45, 7) is 0.501. The first-order valence-electron chi connectivity index (χ1n) is 6.04. The minimum Gasteiger partial charge on any atom is -0.385 e. The van der Waals surface area contributed by atoms with Crippen molar-refractivity contribution in [1.82, 2.24) is 0 Å². The van der Waals surface area contributed by atoms with Crippen LogP contribution in [0.5, 0.6) is 0 Å². The Morgan fingerprint density at radius 3 is 2.62 bits per heavy atom. The van der Waals surface area contributed by atoms with Gasteiger partial charge in [0, 0.05) is 19.8 Å². The molecule has 2 unspecified atom stereocenters. The van der Waals surface area contributed by atoms with Gasteiger partial charge in [0.25, 0.3) is 0 Å². The molecule has 0 heterocycles. The van der Waals surface area contributed by atoms with Gasteiger partial charge in [0.15, 0.2) is 9.84 Å². The lowest BCUT2D eigenvalue weighted by atomic mass is 10.1. The van der Waals surface area contributed by atoms with E-state index in [1.807, 2.05) is 0 Å². The summed E-state index contributed by atoms with van der Waals surface area (Å²) in [4.78, 5) is 0. The second-order valence-corrected chi connectivity index (χ2v) is 6.89. The van der Waals surface area contributed by atoms with Crippen molar-refractivity contribution in [2.45, 2.75) is 49.8 Å². The average Bonchev–Trinajstić information content (AvgIpc) is 2.43. The molecule has 0 aromatic carbocycles. The minimum atomic E-state index is -3.03. The van der Waals surface area contributed by atoms with Crippen LogP contribution < -0.4 is 5.73 Å². The highest BCUT2D eigenvalue weighted by Gasteiger charge is 2.31. The van der Waals surface area contributed by atoms with Crippen molar-refractivity contribution in [1.29, 1.82) is 0 Å². The molecular formula is C11H23NO3S. The third kappa shape index (κ3) is 4.03. The molecule has 5 heteroatoms. The predicted molar refractivity (Wildman–Crippen MR) is 65.1 cm³/mol. The monoisotopic (exact) mass is 249 g/mol. The molecule has 0 aromatic rings. The van der Waals surface area contributed by atoms with Gasteiger partial charge >= 0.3 is 0 Å². The summed E-state index contributed by atoms with van der Waals surface area (Å²) in [5.41, 5.74) is 5.96. The molecule has 4 nitrogen and oxygen atoms in total. The lowest BCUT2D eigenvalue weighted by molar-refractivity contribution is 0.199. The summed E-state index contributed by atoms with van der Waals surface area (Å²) in [6, 6.07) is -0.171. The molecule has 1 saturated carbocycles. The fourth-order valence-electron chi connectivity index (χ4n) is 2.30. The number of hydrogen-bond acceptors (Lipinski definition) is 4. The van der Waals surface area contributed by atoms with Crippen molar-refractivity contribution in [2.75, 3.05) is 19.5 Å². The molecule has 0 radical (unpaired) electrons. The highest BCUT2D eigenvalue weighted by atomic mass is 32.2. The summed E-state index contributed by atoms with van der Waals surface area (Å²) >= 11 is 0. The standard InChI is InChI=1S/C11H23NO3S/c1-15-8-5-9-16(13,14)11-7-4-2-3-6-10(11)12/h10-11H,2-9,12H2,1H3. The summed E-state index contributed by atoms with van der Waals surface area (Å²) in [5.74, 6) is 0.208. The normalized spacial score (nSPS) is 27.6. The Hall–Kier alpha value is -0.130. The second kappa shape index (κ2) is 6.57. The Morgan fingerprint density at radius 1 is 1.25 bits per heavy atom. The third-order valence-corrected chi connectivity index (χ3v) is 5.61. The largest absolute Gasteiger partial charge is 0.385 e. The Bertz CT molecular complexity index is 290. The minimum absolute atomic E-state index is 0.171. The van der Waals surface area contributed by atoms with E-state index in [-0.39, 0.29) is 17.0 Å². The van der Waals surface area contributed by atoms with Gasteiger partial charge < -0.3 is 10.5 Å². The SMILES string of the molecule is COCCCS(=O)(=O)C1CCCCCC1N. The van der Waals surface area contributed by atoms with E-state index in [2.05, 4.69) is 0 Å². The van der Waals surface area contributed by atoms with E-state index in [0.29, 0.717) is 13.0 Å². The molecule has 0 bridgehead atoms. The molecule has 2 atom stereocenters. The highest BCUT2D eigenvalue weighted by Crippen LogP contribution is 2.23. The van der Waals surface area contributed by atoms with Gasteiger partial charge in [-0.05, 0) is 19.3 Å². The summed E-state index contributed by atoms with van der Waals surface area (Å²) in [7, 11) is -1.45. The van der Waals surface area contributed by atoms with Crippen LogP contribution in [0.4, 0.5) is 0 Å². The zero-order valence-corrected chi connectivity index (χ0v) is 10.8. The molecule has 0 aromatic heterocycles. The van der Waals surface area contributed by atoms with Crippen molar-refractivity contribution < 1.29 is 13.2 Å². The summed E-state index contributed by atoms with van der Waals surface area (Å²) < 4.78 is 29.1. The zero-order valence-electron chi connectivity index (χ0n) is 10.0. The molecule has 2 N–H and O–H groups in total. The van der Waals surface area contributed by atoms with Crippen LogP contribution in [0.25, 0.3) is 0 Å². The predicted octanol–water partition coefficient (Wildman–Crippen LogP) is 1.10. The fourth-order valence-corrected chi connectivity index (χ4v) is 4.32. The van der Waals surface area contributed by atoms with Crippen LogP contribution in [-0.4, -0.2) is 39.2 Å². The van der Waals surface area contributed by atoms with Gasteiger partial charge in [0.05, 0.1) is 11.0 Å². The first-order valence-corrected chi connectivity index (χ1v) is 7.75. The van der Waals surface area contributed by atoms with E-state index in [0.717, 1.165) is 32.1 Å². The molecule has 0 saturated heterocycles. The molecule has 0 amide bonds. The number of sulfone groups is 1. The van der Waals surface area contributed by atoms with E-state index in [4.69, 9.17) is 10.5 Å². The number of ether oxygens (including phenoxy) is 1. The first kappa shape index (κ1) is 13.9. The molecule has 1 fully saturated rings. The Kier molecular flexibility index (Phi) is 5.72. The van der Waals surface area contributed by atoms with Crippen molar-refractivity contribution in [3.8, 4) is 0 Å². The smallest absolute Gasteiger partial charge is 0.154 e. The number of rotatable bonds is 5. The lowest BCUT2D eigenvalue weighted by Gasteiger charge is -2.21. The molecule has 0 spiro atoms. The van der Waals surface area contributed by atoms with E-state index in [9.17, 15) is 8.42 Å². The maximum atomic E-state index is 12.1. The first-order chi connectivity index (χ1) is 7.58. The Labute approximate surface area is 98.5 Å². The summed E-state index contributed by atoms with van der Waals surface area (Å²) in [6.07, 6.45) is 5.30.